The number of nitrogens with one attached hydrogen (secondary N) is 1. The molecule has 7 heteroatoms. The Hall–Kier alpha value is -1.27. The Kier molecular flexibility index (Phi) is 4.55. The van der Waals surface area contributed by atoms with Gasteiger partial charge in [0, 0.05) is 24.7 Å². The van der Waals surface area contributed by atoms with Gasteiger partial charge in [-0.2, -0.15) is 0 Å². The number of nitrogens with zero attached hydrogens (tertiary/aromatic N) is 1. The van der Waals surface area contributed by atoms with Crippen LogP contribution in [0.25, 0.3) is 0 Å². The lowest BCUT2D eigenvalue weighted by Crippen LogP contribution is -2.43. The van der Waals surface area contributed by atoms with Crippen LogP contribution in [-0.4, -0.2) is 43.9 Å². The first kappa shape index (κ1) is 15.1. The molecular formula is C13H17ClN2O3S. The number of rotatable bonds is 3. The Morgan fingerprint density at radius 1 is 1.50 bits per heavy atom. The summed E-state index contributed by atoms with van der Waals surface area (Å²) < 4.78 is 22.7. The van der Waals surface area contributed by atoms with Gasteiger partial charge < -0.3 is 10.2 Å². The van der Waals surface area contributed by atoms with Crippen molar-refractivity contribution in [3.63, 3.8) is 0 Å². The van der Waals surface area contributed by atoms with E-state index in [1.54, 1.807) is 19.2 Å². The average Bonchev–Trinajstić information content (AvgIpc) is 2.68. The number of carbonyl (C=O) groups is 1. The molecule has 1 atom stereocenters. The van der Waals surface area contributed by atoms with E-state index in [1.165, 1.54) is 4.90 Å². The van der Waals surface area contributed by atoms with Crippen molar-refractivity contribution >= 4 is 27.5 Å². The maximum absolute atomic E-state index is 12.0. The molecule has 20 heavy (non-hydrogen) atoms. The molecule has 0 unspecified atom stereocenters. The van der Waals surface area contributed by atoms with Crippen molar-refractivity contribution in [1.29, 1.82) is 0 Å². The van der Waals surface area contributed by atoms with Gasteiger partial charge in [0.2, 0.25) is 0 Å². The summed E-state index contributed by atoms with van der Waals surface area (Å²) in [4.78, 5) is 13.5. The summed E-state index contributed by atoms with van der Waals surface area (Å²) in [6.45, 7) is 0.422. The first-order valence-corrected chi connectivity index (χ1v) is 8.52. The van der Waals surface area contributed by atoms with Gasteiger partial charge in [-0.25, -0.2) is 13.2 Å². The van der Waals surface area contributed by atoms with Gasteiger partial charge in [0.25, 0.3) is 0 Å². The molecule has 1 aliphatic heterocycles. The topological polar surface area (TPSA) is 66.5 Å². The maximum atomic E-state index is 12.0. The van der Waals surface area contributed by atoms with Gasteiger partial charge in [-0.1, -0.05) is 23.7 Å². The number of hydrogen-bond acceptors (Lipinski definition) is 3. The van der Waals surface area contributed by atoms with Crippen molar-refractivity contribution in [3.05, 3.63) is 34.9 Å². The summed E-state index contributed by atoms with van der Waals surface area (Å²) in [6.07, 6.45) is 0.485. The molecule has 0 spiro atoms. The average molecular weight is 317 g/mol. The van der Waals surface area contributed by atoms with E-state index in [4.69, 9.17) is 11.6 Å². The van der Waals surface area contributed by atoms with Gasteiger partial charge in [0.15, 0.2) is 9.84 Å². The number of amides is 2. The van der Waals surface area contributed by atoms with Crippen molar-refractivity contribution in [2.24, 2.45) is 0 Å². The highest BCUT2D eigenvalue weighted by Gasteiger charge is 2.29. The number of benzene rings is 1. The van der Waals surface area contributed by atoms with Crippen molar-refractivity contribution in [1.82, 2.24) is 10.2 Å². The van der Waals surface area contributed by atoms with Crippen LogP contribution < -0.4 is 5.32 Å². The van der Waals surface area contributed by atoms with Gasteiger partial charge in [0.1, 0.15) is 0 Å². The molecule has 2 amide bonds. The molecule has 1 saturated heterocycles. The summed E-state index contributed by atoms with van der Waals surface area (Å²) >= 11 is 5.89. The van der Waals surface area contributed by atoms with Crippen LogP contribution in [0.5, 0.6) is 0 Å². The third-order valence-corrected chi connectivity index (χ3v) is 5.22. The molecule has 1 N–H and O–H groups in total. The van der Waals surface area contributed by atoms with E-state index in [0.717, 1.165) is 5.56 Å². The van der Waals surface area contributed by atoms with Gasteiger partial charge in [-0.15, -0.1) is 0 Å². The van der Waals surface area contributed by atoms with E-state index in [1.807, 2.05) is 12.1 Å². The molecule has 0 aromatic heterocycles. The molecule has 1 aromatic carbocycles. The quantitative estimate of drug-likeness (QED) is 0.922. The van der Waals surface area contributed by atoms with Crippen LogP contribution in [0.15, 0.2) is 24.3 Å². The Bertz CT molecular complexity index is 603. The van der Waals surface area contributed by atoms with Crippen LogP contribution in [0.4, 0.5) is 4.79 Å². The van der Waals surface area contributed by atoms with Crippen molar-refractivity contribution in [2.75, 3.05) is 18.6 Å². The number of sulfone groups is 1. The van der Waals surface area contributed by atoms with E-state index in [2.05, 4.69) is 5.32 Å². The number of carbonyl (C=O) groups excluding carboxylic acids is 1. The van der Waals surface area contributed by atoms with Crippen LogP contribution >= 0.6 is 11.6 Å². The summed E-state index contributed by atoms with van der Waals surface area (Å²) in [5.74, 6) is 0.180. The molecule has 0 bridgehead atoms. The number of hydrogen-bond donors (Lipinski definition) is 1. The molecule has 0 aliphatic carbocycles. The Morgan fingerprint density at radius 3 is 2.85 bits per heavy atom. The minimum Gasteiger partial charge on any atom is -0.334 e. The molecule has 0 saturated carbocycles. The van der Waals surface area contributed by atoms with E-state index in [-0.39, 0.29) is 23.6 Å². The largest absolute Gasteiger partial charge is 0.334 e. The van der Waals surface area contributed by atoms with Crippen LogP contribution in [0.1, 0.15) is 12.0 Å². The fraction of sp³-hybridized carbons (Fsp3) is 0.462. The summed E-state index contributed by atoms with van der Waals surface area (Å²) in [5.41, 5.74) is 0.925. The lowest BCUT2D eigenvalue weighted by molar-refractivity contribution is 0.203. The van der Waals surface area contributed by atoms with Crippen LogP contribution in [0, 0.1) is 0 Å². The third-order valence-electron chi connectivity index (χ3n) is 3.22. The molecule has 1 heterocycles. The zero-order valence-electron chi connectivity index (χ0n) is 11.2. The van der Waals surface area contributed by atoms with E-state index in [9.17, 15) is 13.2 Å². The molecule has 1 fully saturated rings. The molecule has 1 aliphatic rings. The summed E-state index contributed by atoms with van der Waals surface area (Å²) in [7, 11) is -1.32. The first-order valence-electron chi connectivity index (χ1n) is 6.32. The Labute approximate surface area is 123 Å². The zero-order chi connectivity index (χ0) is 14.8. The minimum atomic E-state index is -2.98. The molecule has 1 aromatic rings. The second-order valence-corrected chi connectivity index (χ2v) is 7.70. The van der Waals surface area contributed by atoms with Gasteiger partial charge >= 0.3 is 6.03 Å². The van der Waals surface area contributed by atoms with E-state index < -0.39 is 9.84 Å². The lowest BCUT2D eigenvalue weighted by atomic mass is 10.2. The molecule has 0 radical (unpaired) electrons. The predicted octanol–water partition coefficient (Wildman–Crippen LogP) is 1.67. The monoisotopic (exact) mass is 316 g/mol. The van der Waals surface area contributed by atoms with Crippen molar-refractivity contribution < 1.29 is 13.2 Å². The Morgan fingerprint density at radius 2 is 2.25 bits per heavy atom. The van der Waals surface area contributed by atoms with Crippen molar-refractivity contribution in [2.45, 2.75) is 19.0 Å². The normalized spacial score (nSPS) is 20.6. The lowest BCUT2D eigenvalue weighted by Gasteiger charge is -2.20. The zero-order valence-corrected chi connectivity index (χ0v) is 12.7. The second-order valence-electron chi connectivity index (χ2n) is 5.04. The molecular weight excluding hydrogens is 300 g/mol. The third kappa shape index (κ3) is 4.11. The van der Waals surface area contributed by atoms with E-state index in [0.29, 0.717) is 18.0 Å². The Balaban J connectivity index is 1.89. The van der Waals surface area contributed by atoms with E-state index >= 15 is 0 Å². The SMILES string of the molecule is CN(Cc1cccc(Cl)c1)C(=O)N[C@@H]1CCS(=O)(=O)C1. The standard InChI is InChI=1S/C13H17ClN2O3S/c1-16(8-10-3-2-4-11(14)7-10)13(17)15-12-5-6-20(18,19)9-12/h2-4,7,12H,5-6,8-9H2,1H3,(H,15,17)/t12-/m1/s1. The predicted molar refractivity (Wildman–Crippen MR) is 78.5 cm³/mol. The fourth-order valence-electron chi connectivity index (χ4n) is 2.17. The smallest absolute Gasteiger partial charge is 0.317 e. The molecule has 110 valence electrons. The second kappa shape index (κ2) is 6.01. The molecule has 5 nitrogen and oxygen atoms in total. The van der Waals surface area contributed by atoms with Gasteiger partial charge in [0.05, 0.1) is 11.5 Å². The number of halogens is 1. The minimum absolute atomic E-state index is 0.0315. The van der Waals surface area contributed by atoms with Gasteiger partial charge in [-0.05, 0) is 24.1 Å². The van der Waals surface area contributed by atoms with Crippen LogP contribution in [0.2, 0.25) is 5.02 Å². The fourth-order valence-corrected chi connectivity index (χ4v) is 4.06. The van der Waals surface area contributed by atoms with Crippen LogP contribution in [-0.2, 0) is 16.4 Å². The highest BCUT2D eigenvalue weighted by Crippen LogP contribution is 2.14. The maximum Gasteiger partial charge on any atom is 0.317 e. The number of urea groups is 1. The summed E-state index contributed by atoms with van der Waals surface area (Å²) in [6, 6.07) is 6.73. The van der Waals surface area contributed by atoms with Crippen molar-refractivity contribution in [3.8, 4) is 0 Å². The van der Waals surface area contributed by atoms with Gasteiger partial charge in [-0.3, -0.25) is 0 Å². The first-order chi connectivity index (χ1) is 9.35. The molecule has 2 rings (SSSR count). The van der Waals surface area contributed by atoms with Crippen LogP contribution in [0.3, 0.4) is 0 Å². The highest BCUT2D eigenvalue weighted by molar-refractivity contribution is 7.91. The summed E-state index contributed by atoms with van der Waals surface area (Å²) in [5, 5.41) is 3.37. The highest BCUT2D eigenvalue weighted by atomic mass is 35.5.